The third-order valence-corrected chi connectivity index (χ3v) is 5.31. The number of amides is 4. The molecule has 0 spiro atoms. The first kappa shape index (κ1) is 21.6. The normalized spacial score (nSPS) is 14.8. The van der Waals surface area contributed by atoms with E-state index in [0.717, 1.165) is 21.1 Å². The standard InChI is InChI=1S/C20H16BrN3O5S/c21-13-5-7-14(8-6-13)23-18(26)10-24-19(27)16(30-20(24)28)9-12-3-1-2-4-15(12)29-11-17(22)25/h1-9H,10-11H2,(H2,22,25)(H,23,26)/b16-9+. The zero-order chi connectivity index (χ0) is 21.7. The fraction of sp³-hybridized carbons (Fsp3) is 0.100. The van der Waals surface area contributed by atoms with Gasteiger partial charge in [-0.25, -0.2) is 0 Å². The van der Waals surface area contributed by atoms with Crippen LogP contribution in [-0.2, 0) is 14.4 Å². The maximum atomic E-state index is 12.6. The van der Waals surface area contributed by atoms with Crippen molar-refractivity contribution < 1.29 is 23.9 Å². The molecule has 3 N–H and O–H groups in total. The lowest BCUT2D eigenvalue weighted by atomic mass is 10.2. The summed E-state index contributed by atoms with van der Waals surface area (Å²) in [7, 11) is 0. The van der Waals surface area contributed by atoms with Crippen LogP contribution >= 0.6 is 27.7 Å². The quantitative estimate of drug-likeness (QED) is 0.577. The maximum absolute atomic E-state index is 12.6. The molecule has 0 atom stereocenters. The predicted octanol–water partition coefficient (Wildman–Crippen LogP) is 2.99. The Balaban J connectivity index is 1.71. The monoisotopic (exact) mass is 489 g/mol. The molecule has 0 unspecified atom stereocenters. The van der Waals surface area contributed by atoms with Crippen molar-refractivity contribution in [3.05, 3.63) is 63.5 Å². The first-order valence-electron chi connectivity index (χ1n) is 8.64. The van der Waals surface area contributed by atoms with E-state index in [0.29, 0.717) is 17.0 Å². The molecule has 30 heavy (non-hydrogen) atoms. The fourth-order valence-corrected chi connectivity index (χ4v) is 3.63. The number of halogens is 1. The van der Waals surface area contributed by atoms with Crippen molar-refractivity contribution in [2.75, 3.05) is 18.5 Å². The van der Waals surface area contributed by atoms with Crippen molar-refractivity contribution in [1.29, 1.82) is 0 Å². The topological polar surface area (TPSA) is 119 Å². The van der Waals surface area contributed by atoms with Gasteiger partial charge >= 0.3 is 0 Å². The van der Waals surface area contributed by atoms with Gasteiger partial charge in [0.05, 0.1) is 4.91 Å². The highest BCUT2D eigenvalue weighted by atomic mass is 79.9. The SMILES string of the molecule is NC(=O)COc1ccccc1/C=C1/SC(=O)N(CC(=O)Nc2ccc(Br)cc2)C1=O. The molecule has 3 rings (SSSR count). The number of para-hydroxylation sites is 1. The van der Waals surface area contributed by atoms with Gasteiger partial charge in [0.15, 0.2) is 6.61 Å². The molecule has 8 nitrogen and oxygen atoms in total. The fourth-order valence-electron chi connectivity index (χ4n) is 2.53. The Labute approximate surface area is 184 Å². The predicted molar refractivity (Wildman–Crippen MR) is 117 cm³/mol. The summed E-state index contributed by atoms with van der Waals surface area (Å²) in [6, 6.07) is 13.6. The number of thioether (sulfide) groups is 1. The van der Waals surface area contributed by atoms with Gasteiger partial charge in [-0.15, -0.1) is 0 Å². The molecule has 1 aliphatic rings. The first-order chi connectivity index (χ1) is 14.3. The molecule has 1 aliphatic heterocycles. The van der Waals surface area contributed by atoms with E-state index in [1.165, 1.54) is 6.08 Å². The molecule has 0 saturated carbocycles. The van der Waals surface area contributed by atoms with E-state index in [-0.39, 0.29) is 11.5 Å². The van der Waals surface area contributed by atoms with Gasteiger partial charge in [-0.05, 0) is 48.2 Å². The smallest absolute Gasteiger partial charge is 0.294 e. The minimum Gasteiger partial charge on any atom is -0.483 e. The van der Waals surface area contributed by atoms with Crippen molar-refractivity contribution in [2.45, 2.75) is 0 Å². The molecule has 2 aromatic carbocycles. The van der Waals surface area contributed by atoms with Gasteiger partial charge in [-0.1, -0.05) is 34.1 Å². The second-order valence-corrected chi connectivity index (χ2v) is 8.02. The highest BCUT2D eigenvalue weighted by Crippen LogP contribution is 2.33. The van der Waals surface area contributed by atoms with E-state index in [4.69, 9.17) is 10.5 Å². The Hall–Kier alpha value is -3.11. The van der Waals surface area contributed by atoms with E-state index in [9.17, 15) is 19.2 Å². The molecular formula is C20H16BrN3O5S. The summed E-state index contributed by atoms with van der Waals surface area (Å²) >= 11 is 4.03. The largest absolute Gasteiger partial charge is 0.483 e. The molecule has 0 radical (unpaired) electrons. The molecule has 0 bridgehead atoms. The number of carbonyl (C=O) groups excluding carboxylic acids is 4. The zero-order valence-corrected chi connectivity index (χ0v) is 17.9. The van der Waals surface area contributed by atoms with Crippen molar-refractivity contribution in [1.82, 2.24) is 4.90 Å². The minimum absolute atomic E-state index is 0.145. The number of nitrogens with one attached hydrogen (secondary N) is 1. The summed E-state index contributed by atoms with van der Waals surface area (Å²) < 4.78 is 6.19. The van der Waals surface area contributed by atoms with E-state index in [1.54, 1.807) is 48.5 Å². The molecule has 154 valence electrons. The number of ether oxygens (including phenoxy) is 1. The first-order valence-corrected chi connectivity index (χ1v) is 10.3. The number of hydrogen-bond donors (Lipinski definition) is 2. The summed E-state index contributed by atoms with van der Waals surface area (Å²) in [5.74, 6) is -1.37. The van der Waals surface area contributed by atoms with Crippen LogP contribution in [0.3, 0.4) is 0 Å². The van der Waals surface area contributed by atoms with Crippen LogP contribution < -0.4 is 15.8 Å². The highest BCUT2D eigenvalue weighted by molar-refractivity contribution is 9.10. The molecule has 0 aromatic heterocycles. The third kappa shape index (κ3) is 5.49. The number of imide groups is 1. The zero-order valence-electron chi connectivity index (χ0n) is 15.5. The van der Waals surface area contributed by atoms with E-state index in [1.807, 2.05) is 0 Å². The lowest BCUT2D eigenvalue weighted by Gasteiger charge is -2.12. The number of rotatable bonds is 7. The average molecular weight is 490 g/mol. The van der Waals surface area contributed by atoms with Crippen molar-refractivity contribution in [3.63, 3.8) is 0 Å². The maximum Gasteiger partial charge on any atom is 0.294 e. The lowest BCUT2D eigenvalue weighted by Crippen LogP contribution is -2.36. The number of carbonyl (C=O) groups is 4. The van der Waals surface area contributed by atoms with Crippen LogP contribution in [0.5, 0.6) is 5.75 Å². The molecule has 2 aromatic rings. The summed E-state index contributed by atoms with van der Waals surface area (Å²) in [6.45, 7) is -0.722. The van der Waals surface area contributed by atoms with Crippen molar-refractivity contribution >= 4 is 62.4 Å². The highest BCUT2D eigenvalue weighted by Gasteiger charge is 2.36. The van der Waals surface area contributed by atoms with Crippen molar-refractivity contribution in [3.8, 4) is 5.75 Å². The van der Waals surface area contributed by atoms with E-state index < -0.39 is 29.5 Å². The molecule has 10 heteroatoms. The Morgan fingerprint density at radius 3 is 2.53 bits per heavy atom. The number of primary amides is 1. The molecule has 1 fully saturated rings. The summed E-state index contributed by atoms with van der Waals surface area (Å²) in [4.78, 5) is 49.1. The van der Waals surface area contributed by atoms with Crippen LogP contribution in [0.1, 0.15) is 5.56 Å². The van der Waals surface area contributed by atoms with Crippen LogP contribution in [-0.4, -0.2) is 41.0 Å². The summed E-state index contributed by atoms with van der Waals surface area (Å²) in [6.07, 6.45) is 1.48. The number of hydrogen-bond acceptors (Lipinski definition) is 6. The number of nitrogens with two attached hydrogens (primary N) is 1. The van der Waals surface area contributed by atoms with Crippen LogP contribution in [0.4, 0.5) is 10.5 Å². The van der Waals surface area contributed by atoms with Gasteiger partial charge < -0.3 is 15.8 Å². The Bertz CT molecular complexity index is 1040. The van der Waals surface area contributed by atoms with Gasteiger partial charge in [0.25, 0.3) is 17.1 Å². The van der Waals surface area contributed by atoms with Gasteiger partial charge in [0.1, 0.15) is 12.3 Å². The lowest BCUT2D eigenvalue weighted by molar-refractivity contribution is -0.127. The second kappa shape index (κ2) is 9.59. The van der Waals surface area contributed by atoms with Gasteiger partial charge in [-0.3, -0.25) is 24.1 Å². The molecular weight excluding hydrogens is 474 g/mol. The number of nitrogens with zero attached hydrogens (tertiary/aromatic N) is 1. The average Bonchev–Trinajstić information content (AvgIpc) is 2.96. The summed E-state index contributed by atoms with van der Waals surface area (Å²) in [5, 5.41) is 2.09. The van der Waals surface area contributed by atoms with Crippen molar-refractivity contribution in [2.24, 2.45) is 5.73 Å². The Morgan fingerprint density at radius 2 is 1.83 bits per heavy atom. The number of benzene rings is 2. The number of anilines is 1. The van der Waals surface area contributed by atoms with E-state index in [2.05, 4.69) is 21.2 Å². The van der Waals surface area contributed by atoms with Gasteiger partial charge in [0.2, 0.25) is 5.91 Å². The second-order valence-electron chi connectivity index (χ2n) is 6.12. The van der Waals surface area contributed by atoms with Gasteiger partial charge in [0, 0.05) is 15.7 Å². The molecule has 1 saturated heterocycles. The van der Waals surface area contributed by atoms with Crippen LogP contribution in [0.15, 0.2) is 57.9 Å². The van der Waals surface area contributed by atoms with Gasteiger partial charge in [-0.2, -0.15) is 0 Å². The minimum atomic E-state index is -0.637. The summed E-state index contributed by atoms with van der Waals surface area (Å²) in [5.41, 5.74) is 6.14. The van der Waals surface area contributed by atoms with E-state index >= 15 is 0 Å². The molecule has 1 heterocycles. The Kier molecular flexibility index (Phi) is 6.91. The van der Waals surface area contributed by atoms with Crippen LogP contribution in [0, 0.1) is 0 Å². The molecule has 4 amide bonds. The third-order valence-electron chi connectivity index (χ3n) is 3.88. The van der Waals surface area contributed by atoms with Crippen LogP contribution in [0.25, 0.3) is 6.08 Å². The van der Waals surface area contributed by atoms with Crippen LogP contribution in [0.2, 0.25) is 0 Å². The molecule has 0 aliphatic carbocycles. The Morgan fingerprint density at radius 1 is 1.13 bits per heavy atom.